The summed E-state index contributed by atoms with van der Waals surface area (Å²) in [6.07, 6.45) is -0.574. The van der Waals surface area contributed by atoms with Gasteiger partial charge in [-0.1, -0.05) is 12.1 Å². The number of hydrogen-bond donors (Lipinski definition) is 2. The number of carbonyl (C=O) groups excluding carboxylic acids is 1. The van der Waals surface area contributed by atoms with Crippen LogP contribution in [0.1, 0.15) is 26.3 Å². The van der Waals surface area contributed by atoms with Crippen molar-refractivity contribution in [1.29, 1.82) is 0 Å². The summed E-state index contributed by atoms with van der Waals surface area (Å²) in [5.41, 5.74) is 0.115. The van der Waals surface area contributed by atoms with Gasteiger partial charge in [0.1, 0.15) is 17.4 Å². The Morgan fingerprint density at radius 1 is 1.17 bits per heavy atom. The molecule has 0 fully saturated rings. The summed E-state index contributed by atoms with van der Waals surface area (Å²) in [5, 5.41) is 11.7. The molecule has 0 spiro atoms. The van der Waals surface area contributed by atoms with Gasteiger partial charge in [0, 0.05) is 6.42 Å². The smallest absolute Gasteiger partial charge is 0.408 e. The topological polar surface area (TPSA) is 84.9 Å². The Labute approximate surface area is 144 Å². The molecule has 2 N–H and O–H groups in total. The standard InChI is InChI=1S/C17H27NO5Si/c1-17(2,3)22-16(21)18-14(15(19)20)11-12-7-9-13(10-8-12)23-24(4,5)6/h7-10,14H,11H2,1-6H3,(H,18,21)(H,19,20)/t14-/m1/s1. The highest BCUT2D eigenvalue weighted by atomic mass is 28.4. The first-order valence-corrected chi connectivity index (χ1v) is 11.3. The summed E-state index contributed by atoms with van der Waals surface area (Å²) in [7, 11) is -1.68. The van der Waals surface area contributed by atoms with Crippen molar-refractivity contribution in [2.75, 3.05) is 0 Å². The van der Waals surface area contributed by atoms with Gasteiger partial charge in [0.25, 0.3) is 0 Å². The Hall–Kier alpha value is -2.02. The molecule has 6 nitrogen and oxygen atoms in total. The van der Waals surface area contributed by atoms with Crippen LogP contribution in [0.3, 0.4) is 0 Å². The zero-order valence-corrected chi connectivity index (χ0v) is 16.2. The third kappa shape index (κ3) is 8.01. The molecule has 1 atom stereocenters. The van der Waals surface area contributed by atoms with Gasteiger partial charge in [-0.05, 0) is 58.1 Å². The van der Waals surface area contributed by atoms with E-state index in [1.165, 1.54) is 0 Å². The van der Waals surface area contributed by atoms with E-state index in [2.05, 4.69) is 25.0 Å². The molecule has 0 radical (unpaired) electrons. The minimum absolute atomic E-state index is 0.168. The predicted molar refractivity (Wildman–Crippen MR) is 94.9 cm³/mol. The van der Waals surface area contributed by atoms with Gasteiger partial charge in [0.2, 0.25) is 8.32 Å². The second-order valence-electron chi connectivity index (χ2n) is 7.60. The number of alkyl carbamates (subject to hydrolysis) is 1. The number of carbonyl (C=O) groups is 2. The Balaban J connectivity index is 2.72. The predicted octanol–water partition coefficient (Wildman–Crippen LogP) is 3.42. The highest BCUT2D eigenvalue weighted by Gasteiger charge is 2.24. The monoisotopic (exact) mass is 353 g/mol. The van der Waals surface area contributed by atoms with E-state index in [9.17, 15) is 14.7 Å². The number of benzene rings is 1. The van der Waals surface area contributed by atoms with E-state index in [4.69, 9.17) is 9.16 Å². The van der Waals surface area contributed by atoms with Crippen LogP contribution < -0.4 is 9.74 Å². The van der Waals surface area contributed by atoms with Crippen molar-refractivity contribution in [3.8, 4) is 5.75 Å². The maximum atomic E-state index is 11.8. The van der Waals surface area contributed by atoms with E-state index in [1.54, 1.807) is 20.8 Å². The summed E-state index contributed by atoms with van der Waals surface area (Å²) < 4.78 is 11.0. The highest BCUT2D eigenvalue weighted by Crippen LogP contribution is 2.18. The van der Waals surface area contributed by atoms with Gasteiger partial charge in [-0.15, -0.1) is 0 Å². The molecule has 0 saturated carbocycles. The summed E-state index contributed by atoms with van der Waals surface area (Å²) in [6.45, 7) is 11.4. The van der Waals surface area contributed by atoms with Gasteiger partial charge in [-0.2, -0.15) is 0 Å². The molecule has 0 aliphatic heterocycles. The van der Waals surface area contributed by atoms with Gasteiger partial charge < -0.3 is 19.6 Å². The quantitative estimate of drug-likeness (QED) is 0.766. The van der Waals surface area contributed by atoms with Crippen LogP contribution in [0.15, 0.2) is 24.3 Å². The van der Waals surface area contributed by atoms with Crippen LogP contribution >= 0.6 is 0 Å². The zero-order chi connectivity index (χ0) is 18.5. The number of carboxylic acids is 1. The van der Waals surface area contributed by atoms with Gasteiger partial charge in [0.15, 0.2) is 0 Å². The fourth-order valence-electron chi connectivity index (χ4n) is 1.93. The first kappa shape index (κ1) is 20.0. The Bertz CT molecular complexity index is 572. The Kier molecular flexibility index (Phi) is 6.42. The number of hydrogen-bond acceptors (Lipinski definition) is 4. The molecule has 0 aliphatic rings. The number of carboxylic acid groups (broad SMARTS) is 1. The van der Waals surface area contributed by atoms with Crippen LogP contribution in [0.5, 0.6) is 5.75 Å². The molecule has 0 aliphatic carbocycles. The maximum absolute atomic E-state index is 11.8. The number of nitrogens with one attached hydrogen (secondary N) is 1. The fourth-order valence-corrected chi connectivity index (χ4v) is 2.78. The Morgan fingerprint density at radius 2 is 1.71 bits per heavy atom. The van der Waals surface area contributed by atoms with Crippen molar-refractivity contribution in [3.63, 3.8) is 0 Å². The lowest BCUT2D eigenvalue weighted by Gasteiger charge is -2.22. The van der Waals surface area contributed by atoms with Crippen LogP contribution in [0.25, 0.3) is 0 Å². The lowest BCUT2D eigenvalue weighted by Crippen LogP contribution is -2.44. The second kappa shape index (κ2) is 7.70. The molecule has 1 aromatic rings. The Morgan fingerprint density at radius 3 is 2.12 bits per heavy atom. The van der Waals surface area contributed by atoms with Crippen molar-refractivity contribution in [2.45, 2.75) is 58.5 Å². The minimum atomic E-state index is -1.68. The molecular formula is C17H27NO5Si. The third-order valence-corrected chi connectivity index (χ3v) is 3.62. The van der Waals surface area contributed by atoms with Crippen molar-refractivity contribution >= 4 is 20.4 Å². The fraction of sp³-hybridized carbons (Fsp3) is 0.529. The van der Waals surface area contributed by atoms with Crippen molar-refractivity contribution in [1.82, 2.24) is 5.32 Å². The maximum Gasteiger partial charge on any atom is 0.408 e. The van der Waals surface area contributed by atoms with Crippen LogP contribution in [-0.4, -0.2) is 37.1 Å². The number of amides is 1. The van der Waals surface area contributed by atoms with E-state index >= 15 is 0 Å². The zero-order valence-electron chi connectivity index (χ0n) is 15.2. The molecular weight excluding hydrogens is 326 g/mol. The minimum Gasteiger partial charge on any atom is -0.544 e. The normalized spacial score (nSPS) is 13.1. The van der Waals surface area contributed by atoms with Crippen molar-refractivity contribution in [2.24, 2.45) is 0 Å². The average molecular weight is 353 g/mol. The third-order valence-electron chi connectivity index (χ3n) is 2.78. The summed E-state index contributed by atoms with van der Waals surface area (Å²) >= 11 is 0. The molecule has 0 saturated heterocycles. The highest BCUT2D eigenvalue weighted by molar-refractivity contribution is 6.70. The average Bonchev–Trinajstić information content (AvgIpc) is 2.36. The van der Waals surface area contributed by atoms with Crippen molar-refractivity contribution in [3.05, 3.63) is 29.8 Å². The molecule has 24 heavy (non-hydrogen) atoms. The van der Waals surface area contributed by atoms with E-state index in [0.29, 0.717) is 0 Å². The second-order valence-corrected chi connectivity index (χ2v) is 12.0. The first-order valence-electron chi connectivity index (χ1n) is 7.86. The van der Waals surface area contributed by atoms with Crippen LogP contribution in [0, 0.1) is 0 Å². The van der Waals surface area contributed by atoms with Gasteiger partial charge in [-0.3, -0.25) is 0 Å². The lowest BCUT2D eigenvalue weighted by molar-refractivity contribution is -0.139. The van der Waals surface area contributed by atoms with Crippen LogP contribution in [-0.2, 0) is 16.0 Å². The number of aliphatic carboxylic acids is 1. The van der Waals surface area contributed by atoms with Crippen LogP contribution in [0.2, 0.25) is 19.6 Å². The summed E-state index contributed by atoms with van der Waals surface area (Å²) in [5.74, 6) is -0.340. The molecule has 0 bridgehead atoms. The van der Waals surface area contributed by atoms with Crippen LogP contribution in [0.4, 0.5) is 4.79 Å². The lowest BCUT2D eigenvalue weighted by atomic mass is 10.1. The van der Waals surface area contributed by atoms with E-state index in [0.717, 1.165) is 11.3 Å². The van der Waals surface area contributed by atoms with E-state index in [-0.39, 0.29) is 6.42 Å². The SMILES string of the molecule is CC(C)(C)OC(=O)N[C@H](Cc1ccc(O[Si](C)(C)C)cc1)C(=O)O. The largest absolute Gasteiger partial charge is 0.544 e. The molecule has 1 aromatic carbocycles. The number of rotatable bonds is 6. The molecule has 0 heterocycles. The molecule has 7 heteroatoms. The van der Waals surface area contributed by atoms with Gasteiger partial charge in [-0.25, -0.2) is 9.59 Å². The first-order chi connectivity index (χ1) is 10.9. The summed E-state index contributed by atoms with van der Waals surface area (Å²) in [4.78, 5) is 23.1. The summed E-state index contributed by atoms with van der Waals surface area (Å²) in [6, 6.07) is 6.20. The molecule has 0 aromatic heterocycles. The molecule has 134 valence electrons. The molecule has 1 rings (SSSR count). The van der Waals surface area contributed by atoms with Gasteiger partial charge >= 0.3 is 12.1 Å². The van der Waals surface area contributed by atoms with E-state index < -0.39 is 32.0 Å². The van der Waals surface area contributed by atoms with Crippen molar-refractivity contribution < 1.29 is 23.9 Å². The van der Waals surface area contributed by atoms with E-state index in [1.807, 2.05) is 24.3 Å². The molecule has 1 amide bonds. The van der Waals surface area contributed by atoms with Gasteiger partial charge in [0.05, 0.1) is 0 Å². The number of ether oxygens (including phenoxy) is 1. The molecule has 0 unspecified atom stereocenters.